The van der Waals surface area contributed by atoms with Crippen molar-refractivity contribution in [3.8, 4) is 0 Å². The number of amides is 2. The number of rotatable bonds is 4. The fourth-order valence-electron chi connectivity index (χ4n) is 3.61. The molecule has 2 heterocycles. The molecule has 2 saturated heterocycles. The van der Waals surface area contributed by atoms with Crippen molar-refractivity contribution < 1.29 is 14.7 Å². The first-order valence-electron chi connectivity index (χ1n) is 8.15. The van der Waals surface area contributed by atoms with E-state index in [0.29, 0.717) is 12.0 Å². The van der Waals surface area contributed by atoms with Gasteiger partial charge < -0.3 is 15.3 Å². The number of hydrogen-bond donors (Lipinski definition) is 2. The van der Waals surface area contributed by atoms with E-state index in [-0.39, 0.29) is 18.5 Å². The fraction of sp³-hybridized carbons (Fsp3) is 0.867. The van der Waals surface area contributed by atoms with Crippen molar-refractivity contribution in [2.75, 3.05) is 26.2 Å². The van der Waals surface area contributed by atoms with E-state index in [1.807, 2.05) is 4.90 Å². The van der Waals surface area contributed by atoms with E-state index < -0.39 is 5.97 Å². The number of nitrogens with one attached hydrogen (secondary N) is 1. The molecule has 2 aliphatic heterocycles. The smallest absolute Gasteiger partial charge is 0.317 e. The number of carbonyl (C=O) groups is 2. The second-order valence-electron chi connectivity index (χ2n) is 6.62. The number of aliphatic carboxylic acids is 1. The molecule has 2 N–H and O–H groups in total. The predicted octanol–water partition coefficient (Wildman–Crippen LogP) is 1.12. The number of fused-ring (bicyclic) bond motifs is 1. The number of urea groups is 1. The van der Waals surface area contributed by atoms with Gasteiger partial charge in [0.15, 0.2) is 0 Å². The lowest BCUT2D eigenvalue weighted by molar-refractivity contribution is -0.137. The van der Waals surface area contributed by atoms with Crippen molar-refractivity contribution in [3.63, 3.8) is 0 Å². The van der Waals surface area contributed by atoms with E-state index in [2.05, 4.69) is 10.2 Å². The van der Waals surface area contributed by atoms with Crippen LogP contribution in [-0.2, 0) is 4.79 Å². The van der Waals surface area contributed by atoms with Crippen LogP contribution in [0, 0.1) is 5.92 Å². The number of piperazine rings is 1. The van der Waals surface area contributed by atoms with Crippen LogP contribution in [0.1, 0.15) is 38.5 Å². The number of hydrogen-bond acceptors (Lipinski definition) is 3. The van der Waals surface area contributed by atoms with Gasteiger partial charge in [0.25, 0.3) is 0 Å². The molecule has 118 valence electrons. The van der Waals surface area contributed by atoms with Crippen LogP contribution >= 0.6 is 0 Å². The van der Waals surface area contributed by atoms with E-state index in [1.165, 1.54) is 19.3 Å². The molecule has 3 rings (SSSR count). The first-order chi connectivity index (χ1) is 10.1. The summed E-state index contributed by atoms with van der Waals surface area (Å²) in [5.74, 6) is -0.467. The fourth-order valence-corrected chi connectivity index (χ4v) is 3.61. The first kappa shape index (κ1) is 14.6. The third kappa shape index (κ3) is 3.67. The third-order valence-electron chi connectivity index (χ3n) is 5.02. The molecule has 0 bridgehead atoms. The molecule has 0 radical (unpaired) electrons. The molecule has 2 amide bonds. The third-order valence-corrected chi connectivity index (χ3v) is 5.02. The monoisotopic (exact) mass is 295 g/mol. The molecule has 0 spiro atoms. The maximum absolute atomic E-state index is 12.4. The van der Waals surface area contributed by atoms with Crippen LogP contribution in [-0.4, -0.2) is 65.2 Å². The van der Waals surface area contributed by atoms with Crippen LogP contribution in [0.15, 0.2) is 0 Å². The van der Waals surface area contributed by atoms with E-state index in [4.69, 9.17) is 5.11 Å². The number of piperidine rings is 1. The number of carbonyl (C=O) groups excluding carboxylic acids is 1. The summed E-state index contributed by atoms with van der Waals surface area (Å²) in [6, 6.07) is 0.231. The summed E-state index contributed by atoms with van der Waals surface area (Å²) in [4.78, 5) is 27.7. The molecule has 2 atom stereocenters. The molecule has 3 aliphatic rings. The maximum Gasteiger partial charge on any atom is 0.317 e. The molecule has 1 saturated carbocycles. The van der Waals surface area contributed by atoms with Crippen LogP contribution in [0.4, 0.5) is 4.79 Å². The highest BCUT2D eigenvalue weighted by atomic mass is 16.4. The summed E-state index contributed by atoms with van der Waals surface area (Å²) < 4.78 is 0. The normalized spacial score (nSPS) is 27.8. The van der Waals surface area contributed by atoms with E-state index >= 15 is 0 Å². The van der Waals surface area contributed by atoms with Crippen LogP contribution in [0.5, 0.6) is 0 Å². The lowest BCUT2D eigenvalue weighted by atomic mass is 10.00. The Morgan fingerprint density at radius 2 is 1.95 bits per heavy atom. The first-order valence-corrected chi connectivity index (χ1v) is 8.15. The highest BCUT2D eigenvalue weighted by Crippen LogP contribution is 2.34. The van der Waals surface area contributed by atoms with Crippen LogP contribution < -0.4 is 5.32 Å². The van der Waals surface area contributed by atoms with Crippen LogP contribution in [0.25, 0.3) is 0 Å². The average molecular weight is 295 g/mol. The molecule has 3 fully saturated rings. The molecule has 6 nitrogen and oxygen atoms in total. The predicted molar refractivity (Wildman–Crippen MR) is 78.1 cm³/mol. The molecule has 1 aliphatic carbocycles. The SMILES string of the molecule is O=C(O)CC(NC(=O)N1CCN2CCCCC2C1)C1CC1. The molecule has 0 aromatic heterocycles. The minimum Gasteiger partial charge on any atom is -0.481 e. The standard InChI is InChI=1S/C15H25N3O3/c19-14(20)9-13(11-4-5-11)16-15(21)18-8-7-17-6-2-1-3-12(17)10-18/h11-13H,1-10H2,(H,16,21)(H,19,20). The zero-order valence-corrected chi connectivity index (χ0v) is 12.5. The molecule has 0 aromatic rings. The molecule has 0 aromatic carbocycles. The van der Waals surface area contributed by atoms with Crippen molar-refractivity contribution in [3.05, 3.63) is 0 Å². The molecular formula is C15H25N3O3. The zero-order chi connectivity index (χ0) is 14.8. The lowest BCUT2D eigenvalue weighted by Crippen LogP contribution is -2.59. The second-order valence-corrected chi connectivity index (χ2v) is 6.62. The van der Waals surface area contributed by atoms with Gasteiger partial charge in [-0.05, 0) is 38.1 Å². The van der Waals surface area contributed by atoms with Gasteiger partial charge in [0.2, 0.25) is 0 Å². The Morgan fingerprint density at radius 1 is 1.14 bits per heavy atom. The average Bonchev–Trinajstić information content (AvgIpc) is 3.30. The Balaban J connectivity index is 1.53. The van der Waals surface area contributed by atoms with Gasteiger partial charge in [-0.1, -0.05) is 6.42 Å². The number of nitrogens with zero attached hydrogens (tertiary/aromatic N) is 2. The molecule has 21 heavy (non-hydrogen) atoms. The van der Waals surface area contributed by atoms with Gasteiger partial charge in [-0.2, -0.15) is 0 Å². The van der Waals surface area contributed by atoms with Crippen molar-refractivity contribution in [2.45, 2.75) is 50.6 Å². The maximum atomic E-state index is 12.4. The van der Waals surface area contributed by atoms with Gasteiger partial charge in [-0.15, -0.1) is 0 Å². The van der Waals surface area contributed by atoms with E-state index in [0.717, 1.165) is 39.0 Å². The summed E-state index contributed by atoms with van der Waals surface area (Å²) in [7, 11) is 0. The second kappa shape index (κ2) is 6.22. The Bertz CT molecular complexity index is 411. The highest BCUT2D eigenvalue weighted by Gasteiger charge is 2.36. The zero-order valence-electron chi connectivity index (χ0n) is 12.5. The van der Waals surface area contributed by atoms with E-state index in [9.17, 15) is 9.59 Å². The van der Waals surface area contributed by atoms with Gasteiger partial charge in [-0.25, -0.2) is 4.79 Å². The van der Waals surface area contributed by atoms with Crippen LogP contribution in [0.3, 0.4) is 0 Å². The van der Waals surface area contributed by atoms with Gasteiger partial charge in [-0.3, -0.25) is 9.69 Å². The molecule has 2 unspecified atom stereocenters. The van der Waals surface area contributed by atoms with E-state index in [1.54, 1.807) is 0 Å². The van der Waals surface area contributed by atoms with Crippen molar-refractivity contribution in [1.29, 1.82) is 0 Å². The minimum atomic E-state index is -0.829. The van der Waals surface area contributed by atoms with Crippen LogP contribution in [0.2, 0.25) is 0 Å². The summed E-state index contributed by atoms with van der Waals surface area (Å²) in [5.41, 5.74) is 0. The largest absolute Gasteiger partial charge is 0.481 e. The summed E-state index contributed by atoms with van der Waals surface area (Å²) in [6.45, 7) is 3.65. The molecular weight excluding hydrogens is 270 g/mol. The Morgan fingerprint density at radius 3 is 2.67 bits per heavy atom. The summed E-state index contributed by atoms with van der Waals surface area (Å²) >= 11 is 0. The van der Waals surface area contributed by atoms with Gasteiger partial charge in [0, 0.05) is 31.7 Å². The Hall–Kier alpha value is -1.30. The molecule has 6 heteroatoms. The number of carboxylic acids is 1. The van der Waals surface area contributed by atoms with Gasteiger partial charge in [0.05, 0.1) is 6.42 Å². The van der Waals surface area contributed by atoms with Crippen molar-refractivity contribution >= 4 is 12.0 Å². The van der Waals surface area contributed by atoms with Gasteiger partial charge in [0.1, 0.15) is 0 Å². The minimum absolute atomic E-state index is 0.0415. The van der Waals surface area contributed by atoms with Gasteiger partial charge >= 0.3 is 12.0 Å². The Labute approximate surface area is 125 Å². The summed E-state index contributed by atoms with van der Waals surface area (Å²) in [5, 5.41) is 11.9. The quantitative estimate of drug-likeness (QED) is 0.815. The number of carboxylic acid groups (broad SMARTS) is 1. The lowest BCUT2D eigenvalue weighted by Gasteiger charge is -2.44. The van der Waals surface area contributed by atoms with Crippen molar-refractivity contribution in [2.24, 2.45) is 5.92 Å². The van der Waals surface area contributed by atoms with Crippen molar-refractivity contribution in [1.82, 2.24) is 15.1 Å². The topological polar surface area (TPSA) is 72.9 Å². The summed E-state index contributed by atoms with van der Waals surface area (Å²) in [6.07, 6.45) is 5.80. The highest BCUT2D eigenvalue weighted by molar-refractivity contribution is 5.76. The Kier molecular flexibility index (Phi) is 4.33.